The van der Waals surface area contributed by atoms with E-state index in [0.29, 0.717) is 11.1 Å². The highest BCUT2D eigenvalue weighted by atomic mass is 16.5. The monoisotopic (exact) mass is 384 g/mol. The molecule has 3 nitrogen and oxygen atoms in total. The van der Waals surface area contributed by atoms with E-state index in [4.69, 9.17) is 4.74 Å². The molecule has 0 aliphatic rings. The maximum absolute atomic E-state index is 13.8. The third kappa shape index (κ3) is 3.29. The van der Waals surface area contributed by atoms with Crippen LogP contribution in [0.2, 0.25) is 0 Å². The molecule has 28 heavy (non-hydrogen) atoms. The number of phenolic OH excluding ortho intramolecular Hbond substituents is 1. The molecule has 0 radical (unpaired) electrons. The van der Waals surface area contributed by atoms with Gasteiger partial charge in [-0.15, -0.1) is 0 Å². The van der Waals surface area contributed by atoms with Gasteiger partial charge in [0.05, 0.1) is 5.41 Å². The lowest BCUT2D eigenvalue weighted by molar-refractivity contribution is -0.170. The number of ether oxygens (including phenoxy) is 1. The van der Waals surface area contributed by atoms with Crippen LogP contribution in [0.4, 0.5) is 0 Å². The average molecular weight is 385 g/mol. The molecule has 0 amide bonds. The van der Waals surface area contributed by atoms with Crippen LogP contribution in [-0.2, 0) is 4.79 Å². The van der Waals surface area contributed by atoms with Crippen molar-refractivity contribution in [3.8, 4) is 11.5 Å². The van der Waals surface area contributed by atoms with Crippen LogP contribution in [0.3, 0.4) is 0 Å². The van der Waals surface area contributed by atoms with Crippen LogP contribution in [0.15, 0.2) is 36.4 Å². The lowest BCUT2D eigenvalue weighted by atomic mass is 9.49. The molecule has 0 fully saturated rings. The maximum Gasteiger partial charge on any atom is 0.318 e. The Bertz CT molecular complexity index is 811. The second-order valence-corrected chi connectivity index (χ2v) is 8.68. The Morgan fingerprint density at radius 3 is 1.79 bits per heavy atom. The number of esters is 1. The summed E-state index contributed by atoms with van der Waals surface area (Å²) in [4.78, 5) is 13.8. The zero-order chi connectivity index (χ0) is 21.2. The lowest BCUT2D eigenvalue weighted by Gasteiger charge is -2.54. The highest BCUT2D eigenvalue weighted by Gasteiger charge is 2.58. The average Bonchev–Trinajstić information content (AvgIpc) is 2.72. The van der Waals surface area contributed by atoms with Crippen LogP contribution in [0, 0.1) is 16.2 Å². The van der Waals surface area contributed by atoms with Crippen molar-refractivity contribution >= 4 is 16.7 Å². The molecule has 0 aromatic heterocycles. The van der Waals surface area contributed by atoms with Crippen molar-refractivity contribution in [1.82, 2.24) is 0 Å². The number of hydrogen-bond acceptors (Lipinski definition) is 3. The van der Waals surface area contributed by atoms with Gasteiger partial charge >= 0.3 is 5.97 Å². The fraction of sp³-hybridized carbons (Fsp3) is 0.560. The van der Waals surface area contributed by atoms with Crippen LogP contribution in [0.5, 0.6) is 11.5 Å². The van der Waals surface area contributed by atoms with Crippen molar-refractivity contribution in [3.05, 3.63) is 36.4 Å². The van der Waals surface area contributed by atoms with Gasteiger partial charge in [-0.1, -0.05) is 65.8 Å². The number of phenols is 1. The minimum absolute atomic E-state index is 0.180. The molecule has 0 spiro atoms. The van der Waals surface area contributed by atoms with Gasteiger partial charge in [-0.3, -0.25) is 4.79 Å². The van der Waals surface area contributed by atoms with E-state index in [1.165, 1.54) is 0 Å². The molecule has 0 saturated carbocycles. The fourth-order valence-corrected chi connectivity index (χ4v) is 4.69. The van der Waals surface area contributed by atoms with Crippen molar-refractivity contribution < 1.29 is 14.6 Å². The summed E-state index contributed by atoms with van der Waals surface area (Å²) in [5.41, 5.74) is -1.01. The third-order valence-corrected chi connectivity index (χ3v) is 8.01. The van der Waals surface area contributed by atoms with Crippen molar-refractivity contribution in [1.29, 1.82) is 0 Å². The standard InChI is InChI=1S/C25H36O3/c1-8-23(5,9-2)25(7,24(6,10-3)11-4)22(27)28-21-17-13-14-18-19(21)15-12-16-20(18)26/h12-17,26H,8-11H2,1-7H3. The van der Waals surface area contributed by atoms with E-state index in [1.54, 1.807) is 12.1 Å². The van der Waals surface area contributed by atoms with Gasteiger partial charge in [0, 0.05) is 10.8 Å². The van der Waals surface area contributed by atoms with E-state index < -0.39 is 5.41 Å². The summed E-state index contributed by atoms with van der Waals surface area (Å²) < 4.78 is 6.10. The molecule has 0 heterocycles. The van der Waals surface area contributed by atoms with E-state index in [-0.39, 0.29) is 22.5 Å². The molecular formula is C25H36O3. The van der Waals surface area contributed by atoms with Gasteiger partial charge in [0.25, 0.3) is 0 Å². The van der Waals surface area contributed by atoms with E-state index in [2.05, 4.69) is 48.5 Å². The molecule has 2 rings (SSSR count). The van der Waals surface area contributed by atoms with Gasteiger partial charge in [-0.05, 0) is 55.6 Å². The maximum atomic E-state index is 13.8. The van der Waals surface area contributed by atoms with Crippen LogP contribution in [0.1, 0.15) is 74.1 Å². The molecule has 0 saturated heterocycles. The molecule has 2 aromatic carbocycles. The number of fused-ring (bicyclic) bond motifs is 1. The molecule has 2 aromatic rings. The first-order valence-corrected chi connectivity index (χ1v) is 10.6. The van der Waals surface area contributed by atoms with Gasteiger partial charge in [-0.25, -0.2) is 0 Å². The summed E-state index contributed by atoms with van der Waals surface area (Å²) in [5, 5.41) is 11.6. The summed E-state index contributed by atoms with van der Waals surface area (Å²) >= 11 is 0. The summed E-state index contributed by atoms with van der Waals surface area (Å²) in [7, 11) is 0. The van der Waals surface area contributed by atoms with Gasteiger partial charge in [0.2, 0.25) is 0 Å². The van der Waals surface area contributed by atoms with E-state index in [0.717, 1.165) is 31.1 Å². The Morgan fingerprint density at radius 2 is 1.29 bits per heavy atom. The molecule has 0 aliphatic carbocycles. The lowest BCUT2D eigenvalue weighted by Crippen LogP contribution is -2.55. The number of hydrogen-bond donors (Lipinski definition) is 1. The molecular weight excluding hydrogens is 348 g/mol. The zero-order valence-corrected chi connectivity index (χ0v) is 18.6. The first-order chi connectivity index (χ1) is 13.1. The van der Waals surface area contributed by atoms with Gasteiger partial charge in [-0.2, -0.15) is 0 Å². The fourth-order valence-electron chi connectivity index (χ4n) is 4.69. The highest BCUT2D eigenvalue weighted by molar-refractivity contribution is 5.95. The number of carbonyl (C=O) groups is 1. The first kappa shape index (κ1) is 22.3. The SMILES string of the molecule is CCC(C)(CC)C(C)(C(=O)Oc1cccc2c(O)cccc12)C(C)(CC)CC. The van der Waals surface area contributed by atoms with Crippen LogP contribution in [-0.4, -0.2) is 11.1 Å². The predicted molar refractivity (Wildman–Crippen MR) is 117 cm³/mol. The summed E-state index contributed by atoms with van der Waals surface area (Å²) in [6, 6.07) is 10.8. The van der Waals surface area contributed by atoms with Crippen molar-refractivity contribution in [3.63, 3.8) is 0 Å². The Kier molecular flexibility index (Phi) is 6.48. The normalized spacial score (nSPS) is 13.0. The topological polar surface area (TPSA) is 46.5 Å². The van der Waals surface area contributed by atoms with E-state index >= 15 is 0 Å². The Hall–Kier alpha value is -2.03. The Balaban J connectivity index is 2.61. The smallest absolute Gasteiger partial charge is 0.318 e. The molecule has 0 unspecified atom stereocenters. The minimum Gasteiger partial charge on any atom is -0.507 e. The van der Waals surface area contributed by atoms with Crippen LogP contribution < -0.4 is 4.74 Å². The second kappa shape index (κ2) is 8.14. The number of aromatic hydroxyl groups is 1. The molecule has 0 atom stereocenters. The molecule has 154 valence electrons. The molecule has 1 N–H and O–H groups in total. The van der Waals surface area contributed by atoms with Gasteiger partial charge in [0.1, 0.15) is 11.5 Å². The van der Waals surface area contributed by atoms with Crippen molar-refractivity contribution in [2.45, 2.75) is 74.1 Å². The molecule has 3 heteroatoms. The second-order valence-electron chi connectivity index (χ2n) is 8.68. The quantitative estimate of drug-likeness (QED) is 0.389. The molecule has 0 bridgehead atoms. The van der Waals surface area contributed by atoms with Crippen molar-refractivity contribution in [2.75, 3.05) is 0 Å². The number of rotatable bonds is 8. The Labute approximate surface area is 170 Å². The van der Waals surface area contributed by atoms with Crippen LogP contribution in [0.25, 0.3) is 10.8 Å². The number of benzene rings is 2. The minimum atomic E-state index is -0.647. The summed E-state index contributed by atoms with van der Waals surface area (Å²) in [6.45, 7) is 15.2. The van der Waals surface area contributed by atoms with Crippen molar-refractivity contribution in [2.24, 2.45) is 16.2 Å². The van der Waals surface area contributed by atoms with Crippen LogP contribution >= 0.6 is 0 Å². The molecule has 0 aliphatic heterocycles. The largest absolute Gasteiger partial charge is 0.507 e. The van der Waals surface area contributed by atoms with Gasteiger partial charge in [0.15, 0.2) is 0 Å². The Morgan fingerprint density at radius 1 is 0.821 bits per heavy atom. The summed E-state index contributed by atoms with van der Waals surface area (Å²) in [6.07, 6.45) is 3.62. The summed E-state index contributed by atoms with van der Waals surface area (Å²) in [5.74, 6) is 0.520. The number of carbonyl (C=O) groups excluding carboxylic acids is 1. The first-order valence-electron chi connectivity index (χ1n) is 10.6. The predicted octanol–water partition coefficient (Wildman–Crippen LogP) is 7.11. The van der Waals surface area contributed by atoms with Gasteiger partial charge < -0.3 is 9.84 Å². The zero-order valence-electron chi connectivity index (χ0n) is 18.6. The highest BCUT2D eigenvalue weighted by Crippen LogP contribution is 2.58. The van der Waals surface area contributed by atoms with E-state index in [9.17, 15) is 9.90 Å². The van der Waals surface area contributed by atoms with E-state index in [1.807, 2.05) is 24.3 Å². The third-order valence-electron chi connectivity index (χ3n) is 8.01.